The summed E-state index contributed by atoms with van der Waals surface area (Å²) in [6.07, 6.45) is 0.668. The number of halogens is 1. The van der Waals surface area contributed by atoms with E-state index in [0.29, 0.717) is 29.5 Å². The number of rotatable bonds is 5. The van der Waals surface area contributed by atoms with Crippen molar-refractivity contribution in [3.8, 4) is 0 Å². The fourth-order valence-corrected chi connectivity index (χ4v) is 4.98. The molecule has 2 aliphatic heterocycles. The molecule has 8 heteroatoms. The second kappa shape index (κ2) is 10.5. The van der Waals surface area contributed by atoms with Crippen molar-refractivity contribution in [3.05, 3.63) is 74.6 Å². The van der Waals surface area contributed by atoms with Crippen molar-refractivity contribution in [3.63, 3.8) is 0 Å². The van der Waals surface area contributed by atoms with Gasteiger partial charge >= 0.3 is 58.2 Å². The van der Waals surface area contributed by atoms with E-state index in [0.717, 1.165) is 43.9 Å². The van der Waals surface area contributed by atoms with Crippen molar-refractivity contribution in [2.45, 2.75) is 26.3 Å². The molecule has 1 aromatic carbocycles. The van der Waals surface area contributed by atoms with Gasteiger partial charge in [-0.25, -0.2) is 4.39 Å². The normalized spacial score (nSPS) is 21.6. The summed E-state index contributed by atoms with van der Waals surface area (Å²) in [5, 5.41) is 0. The Balaban J connectivity index is 0.00000272. The van der Waals surface area contributed by atoms with Crippen molar-refractivity contribution in [1.29, 1.82) is 0 Å². The molecule has 0 spiro atoms. The number of aryl methyl sites for hydroxylation is 2. The van der Waals surface area contributed by atoms with Gasteiger partial charge in [0.2, 0.25) is 5.56 Å². The summed E-state index contributed by atoms with van der Waals surface area (Å²) in [6.45, 7) is 7.70. The van der Waals surface area contributed by atoms with Gasteiger partial charge in [-0.3, -0.25) is 9.59 Å². The number of amides is 1. The summed E-state index contributed by atoms with van der Waals surface area (Å²) < 4.78 is 13.4. The van der Waals surface area contributed by atoms with E-state index in [1.54, 1.807) is 13.0 Å². The van der Waals surface area contributed by atoms with Gasteiger partial charge in [-0.2, -0.15) is 0 Å². The minimum atomic E-state index is -0.426. The molecule has 2 fully saturated rings. The van der Waals surface area contributed by atoms with Gasteiger partial charge in [0.1, 0.15) is 5.82 Å². The number of nitrogens with zero attached hydrogens (tertiary/aromatic N) is 2. The Hall–Kier alpha value is -0.705. The molecule has 4 rings (SSSR count). The van der Waals surface area contributed by atoms with Gasteiger partial charge in [0.15, 0.2) is 0 Å². The molecule has 2 aliphatic rings. The average molecular weight is 497 g/mol. The van der Waals surface area contributed by atoms with Gasteiger partial charge < -0.3 is 20.5 Å². The van der Waals surface area contributed by atoms with Gasteiger partial charge in [0, 0.05) is 37.9 Å². The number of hydrogen-bond donors (Lipinski definition) is 1. The van der Waals surface area contributed by atoms with Crippen LogP contribution < -0.4 is 63.7 Å². The van der Waals surface area contributed by atoms with Crippen LogP contribution in [0.25, 0.3) is 5.73 Å². The molecule has 3 unspecified atom stereocenters. The molecule has 3 heterocycles. The summed E-state index contributed by atoms with van der Waals surface area (Å²) in [5.74, 6) is 0.587. The van der Waals surface area contributed by atoms with Crippen LogP contribution in [0.5, 0.6) is 0 Å². The summed E-state index contributed by atoms with van der Waals surface area (Å²) in [6, 6.07) is 7.37. The molecular weight excluding hydrogens is 469 g/mol. The third kappa shape index (κ3) is 5.62. The molecule has 0 bridgehead atoms. The van der Waals surface area contributed by atoms with Crippen LogP contribution in [0.15, 0.2) is 35.1 Å². The number of pyridine rings is 1. The third-order valence-corrected chi connectivity index (χ3v) is 6.48. The molecule has 1 amide bonds. The van der Waals surface area contributed by atoms with Crippen LogP contribution in [0.3, 0.4) is 0 Å². The first-order valence-corrected chi connectivity index (χ1v) is 10.5. The molecule has 2 saturated heterocycles. The predicted octanol–water partition coefficient (Wildman–Crippen LogP) is 0.322. The first kappa shape index (κ1) is 24.9. The van der Waals surface area contributed by atoms with Crippen molar-refractivity contribution < 1.29 is 67.4 Å². The number of aromatic amines is 1. The van der Waals surface area contributed by atoms with Crippen LogP contribution in [0.1, 0.15) is 39.6 Å². The maximum atomic E-state index is 13.4. The van der Waals surface area contributed by atoms with Crippen LogP contribution in [0.2, 0.25) is 0 Å². The van der Waals surface area contributed by atoms with Crippen molar-refractivity contribution in [2.75, 3.05) is 32.7 Å². The number of hydrogen-bond acceptors (Lipinski definition) is 3. The summed E-state index contributed by atoms with van der Waals surface area (Å²) in [7, 11) is 0. The molecule has 0 aliphatic carbocycles. The predicted molar refractivity (Wildman–Crippen MR) is 114 cm³/mol. The molecular formula is C23H28FN4O2Rb. The van der Waals surface area contributed by atoms with Gasteiger partial charge in [-0.05, 0) is 49.9 Å². The van der Waals surface area contributed by atoms with Gasteiger partial charge in [-0.15, -0.1) is 6.04 Å². The zero-order chi connectivity index (χ0) is 21.4. The molecule has 0 radical (unpaired) electrons. The van der Waals surface area contributed by atoms with E-state index in [9.17, 15) is 14.0 Å². The monoisotopic (exact) mass is 496 g/mol. The molecule has 2 N–H and O–H groups in total. The smallest absolute Gasteiger partial charge is 0.671 e. The molecule has 1 aromatic heterocycles. The summed E-state index contributed by atoms with van der Waals surface area (Å²) >= 11 is 0. The van der Waals surface area contributed by atoms with Crippen LogP contribution in [-0.4, -0.2) is 53.4 Å². The van der Waals surface area contributed by atoms with Crippen LogP contribution in [-0.2, 0) is 0 Å². The van der Waals surface area contributed by atoms with E-state index in [4.69, 9.17) is 5.73 Å². The zero-order valence-corrected chi connectivity index (χ0v) is 23.4. The molecule has 160 valence electrons. The first-order valence-electron chi connectivity index (χ1n) is 10.5. The molecule has 2 aromatic rings. The quantitative estimate of drug-likeness (QED) is 0.647. The van der Waals surface area contributed by atoms with E-state index in [-0.39, 0.29) is 75.5 Å². The van der Waals surface area contributed by atoms with E-state index < -0.39 is 6.04 Å². The van der Waals surface area contributed by atoms with E-state index in [1.165, 1.54) is 18.2 Å². The topological polar surface area (TPSA) is 80.2 Å². The SMILES string of the molecule is Cc1cc(=O)[nH]c(C)c1C(=O)N1CC2CN(CCC([NH-])c3cccc(F)c3)CC2C1.[Rb+]. The Bertz CT molecular complexity index is 971. The standard InChI is InChI=1S/C23H28FN4O2.Rb/c1-14-8-21(29)26-15(2)22(14)23(30)28-12-17-10-27(11-18(17)13-28)7-6-20(25)16-4-3-5-19(24)9-16;/h3-5,8-9,17-18,20,25H,6-7,10-13H2,1-2H3,(H,26,29);/q-1;+1. The number of benzene rings is 1. The summed E-state index contributed by atoms with van der Waals surface area (Å²) in [4.78, 5) is 31.7. The molecule has 3 atom stereocenters. The molecule has 0 saturated carbocycles. The number of H-pyrrole nitrogens is 1. The number of fused-ring (bicyclic) bond motifs is 1. The Morgan fingerprint density at radius 1 is 1.19 bits per heavy atom. The fourth-order valence-electron chi connectivity index (χ4n) is 4.98. The minimum absolute atomic E-state index is 0. The number of carbonyl (C=O) groups excluding carboxylic acids is 1. The van der Waals surface area contributed by atoms with Crippen molar-refractivity contribution in [1.82, 2.24) is 14.8 Å². The second-order valence-corrected chi connectivity index (χ2v) is 8.70. The summed E-state index contributed by atoms with van der Waals surface area (Å²) in [5.41, 5.74) is 10.8. The molecule has 31 heavy (non-hydrogen) atoms. The average Bonchev–Trinajstić information content (AvgIpc) is 3.24. The Kier molecular flexibility index (Phi) is 8.43. The minimum Gasteiger partial charge on any atom is -0.671 e. The van der Waals surface area contributed by atoms with Gasteiger partial charge in [0.05, 0.1) is 5.56 Å². The first-order chi connectivity index (χ1) is 14.3. The van der Waals surface area contributed by atoms with Gasteiger partial charge in [-0.1, -0.05) is 24.1 Å². The van der Waals surface area contributed by atoms with Crippen molar-refractivity contribution >= 4 is 5.91 Å². The Morgan fingerprint density at radius 3 is 2.48 bits per heavy atom. The Morgan fingerprint density at radius 2 is 1.87 bits per heavy atom. The second-order valence-electron chi connectivity index (χ2n) is 8.70. The van der Waals surface area contributed by atoms with E-state index in [1.807, 2.05) is 17.9 Å². The van der Waals surface area contributed by atoms with Crippen molar-refractivity contribution in [2.24, 2.45) is 11.8 Å². The number of likely N-dealkylation sites (tertiary alicyclic amines) is 2. The zero-order valence-electron chi connectivity index (χ0n) is 18.5. The molecule has 6 nitrogen and oxygen atoms in total. The maximum Gasteiger partial charge on any atom is 1.00 e. The van der Waals surface area contributed by atoms with Gasteiger partial charge in [0.25, 0.3) is 5.91 Å². The Labute approximate surface area is 231 Å². The largest absolute Gasteiger partial charge is 1.00 e. The maximum absolute atomic E-state index is 13.4. The number of aromatic nitrogens is 1. The van der Waals surface area contributed by atoms with Crippen LogP contribution >= 0.6 is 0 Å². The van der Waals surface area contributed by atoms with E-state index >= 15 is 0 Å². The van der Waals surface area contributed by atoms with Crippen LogP contribution in [0, 0.1) is 31.5 Å². The number of carbonyl (C=O) groups is 1. The fraction of sp³-hybridized carbons (Fsp3) is 0.478. The van der Waals surface area contributed by atoms with Crippen LogP contribution in [0.4, 0.5) is 4.39 Å². The van der Waals surface area contributed by atoms with E-state index in [2.05, 4.69) is 9.88 Å². The number of nitrogens with one attached hydrogen (secondary N) is 2. The third-order valence-electron chi connectivity index (χ3n) is 6.48.